The highest BCUT2D eigenvalue weighted by atomic mass is 32.2. The van der Waals surface area contributed by atoms with E-state index in [0.29, 0.717) is 27.9 Å². The normalized spacial score (nSPS) is 15.9. The van der Waals surface area contributed by atoms with E-state index in [1.807, 2.05) is 0 Å². The maximum atomic E-state index is 12.8. The number of hydrogen-bond donors (Lipinski definition) is 0. The summed E-state index contributed by atoms with van der Waals surface area (Å²) in [6.45, 7) is 1.30. The van der Waals surface area contributed by atoms with Crippen LogP contribution in [0, 0.1) is 10.1 Å². The maximum Gasteiger partial charge on any atom is 0.282 e. The van der Waals surface area contributed by atoms with Crippen molar-refractivity contribution in [3.8, 4) is 28.6 Å². The molecule has 0 aliphatic carbocycles. The fourth-order valence-corrected chi connectivity index (χ4v) is 3.94. The van der Waals surface area contributed by atoms with Crippen LogP contribution in [0.5, 0.6) is 17.4 Å². The zero-order valence-electron chi connectivity index (χ0n) is 16.8. The Morgan fingerprint density at radius 2 is 1.97 bits per heavy atom. The Hall–Kier alpha value is -3.93. The van der Waals surface area contributed by atoms with Crippen LogP contribution < -0.4 is 19.1 Å². The lowest BCUT2D eigenvalue weighted by Crippen LogP contribution is -2.36. The van der Waals surface area contributed by atoms with Gasteiger partial charge in [0.15, 0.2) is 17.2 Å². The van der Waals surface area contributed by atoms with Crippen molar-refractivity contribution in [2.24, 2.45) is 0 Å². The first-order valence-corrected chi connectivity index (χ1v) is 10.6. The molecule has 0 saturated carbocycles. The van der Waals surface area contributed by atoms with E-state index in [-0.39, 0.29) is 35.6 Å². The van der Waals surface area contributed by atoms with Gasteiger partial charge in [-0.1, -0.05) is 30.0 Å². The molecule has 0 saturated heterocycles. The lowest BCUT2D eigenvalue weighted by molar-refractivity contribution is -0.386. The summed E-state index contributed by atoms with van der Waals surface area (Å²) in [6.07, 6.45) is 0.576. The van der Waals surface area contributed by atoms with Crippen molar-refractivity contribution in [2.75, 3.05) is 17.9 Å². The van der Waals surface area contributed by atoms with Gasteiger partial charge >= 0.3 is 0 Å². The van der Waals surface area contributed by atoms with Crippen molar-refractivity contribution in [3.63, 3.8) is 0 Å². The summed E-state index contributed by atoms with van der Waals surface area (Å²) in [6, 6.07) is 9.74. The van der Waals surface area contributed by atoms with Gasteiger partial charge in [0.1, 0.15) is 0 Å². The number of thioether (sulfide) groups is 1. The summed E-state index contributed by atoms with van der Waals surface area (Å²) in [5.74, 6) is 0.289. The van der Waals surface area contributed by atoms with Crippen molar-refractivity contribution < 1.29 is 23.9 Å². The number of anilines is 1. The first kappa shape index (κ1) is 20.0. The van der Waals surface area contributed by atoms with Crippen LogP contribution in [0.3, 0.4) is 0 Å². The van der Waals surface area contributed by atoms with Crippen LogP contribution in [0.15, 0.2) is 41.6 Å². The number of para-hydroxylation sites is 1. The second kappa shape index (κ2) is 7.64. The summed E-state index contributed by atoms with van der Waals surface area (Å²) in [5, 5.41) is 20.6. The van der Waals surface area contributed by atoms with Crippen molar-refractivity contribution in [1.82, 2.24) is 15.2 Å². The van der Waals surface area contributed by atoms with E-state index < -0.39 is 11.2 Å². The molecule has 3 aromatic rings. The Kier molecular flexibility index (Phi) is 4.78. The highest BCUT2D eigenvalue weighted by molar-refractivity contribution is 7.98. The van der Waals surface area contributed by atoms with Gasteiger partial charge in [-0.15, -0.1) is 10.2 Å². The molecule has 1 aromatic heterocycles. The second-order valence-electron chi connectivity index (χ2n) is 6.85. The zero-order valence-corrected chi connectivity index (χ0v) is 17.7. The number of nitro benzene ring substituents is 1. The van der Waals surface area contributed by atoms with E-state index in [1.165, 1.54) is 35.7 Å². The van der Waals surface area contributed by atoms with Gasteiger partial charge in [-0.2, -0.15) is 4.98 Å². The van der Waals surface area contributed by atoms with Gasteiger partial charge in [-0.05, 0) is 18.4 Å². The summed E-state index contributed by atoms with van der Waals surface area (Å²) >= 11 is 1.27. The van der Waals surface area contributed by atoms with Gasteiger partial charge in [-0.3, -0.25) is 19.8 Å². The molecule has 2 aromatic carbocycles. The largest absolute Gasteiger partial charge is 0.454 e. The third-order valence-corrected chi connectivity index (χ3v) is 5.56. The lowest BCUT2D eigenvalue weighted by Gasteiger charge is -2.29. The molecule has 0 N–H and O–H groups in total. The van der Waals surface area contributed by atoms with Crippen LogP contribution in [0.4, 0.5) is 11.4 Å². The number of carbonyl (C=O) groups is 1. The minimum atomic E-state index is -1.21. The van der Waals surface area contributed by atoms with E-state index in [4.69, 9.17) is 14.2 Å². The minimum Gasteiger partial charge on any atom is -0.454 e. The number of amides is 1. The molecule has 32 heavy (non-hydrogen) atoms. The number of hydrogen-bond acceptors (Lipinski definition) is 10. The first-order chi connectivity index (χ1) is 15.5. The molecule has 2 aliphatic rings. The third kappa shape index (κ3) is 3.15. The van der Waals surface area contributed by atoms with Gasteiger partial charge < -0.3 is 14.2 Å². The van der Waals surface area contributed by atoms with Gasteiger partial charge in [0.2, 0.25) is 30.0 Å². The topological polar surface area (TPSA) is 130 Å². The average Bonchev–Trinajstić information content (AvgIpc) is 3.19. The van der Waals surface area contributed by atoms with Crippen LogP contribution in [-0.2, 0) is 4.79 Å². The van der Waals surface area contributed by atoms with E-state index in [1.54, 1.807) is 30.5 Å². The molecule has 0 bridgehead atoms. The molecule has 1 atom stereocenters. The molecular weight excluding hydrogens is 438 g/mol. The lowest BCUT2D eigenvalue weighted by atomic mass is 10.1. The van der Waals surface area contributed by atoms with E-state index in [0.717, 1.165) is 0 Å². The van der Waals surface area contributed by atoms with E-state index in [2.05, 4.69) is 15.2 Å². The smallest absolute Gasteiger partial charge is 0.282 e. The molecule has 0 unspecified atom stereocenters. The maximum absolute atomic E-state index is 12.8. The van der Waals surface area contributed by atoms with E-state index >= 15 is 0 Å². The first-order valence-electron chi connectivity index (χ1n) is 9.40. The van der Waals surface area contributed by atoms with Crippen molar-refractivity contribution in [1.29, 1.82) is 0 Å². The quantitative estimate of drug-likeness (QED) is 0.331. The number of nitro groups is 1. The van der Waals surface area contributed by atoms with Crippen LogP contribution in [-0.4, -0.2) is 39.1 Å². The van der Waals surface area contributed by atoms with Gasteiger partial charge in [0.25, 0.3) is 5.69 Å². The van der Waals surface area contributed by atoms with Crippen LogP contribution >= 0.6 is 11.8 Å². The Morgan fingerprint density at radius 1 is 1.22 bits per heavy atom. The van der Waals surface area contributed by atoms with Crippen molar-refractivity contribution in [3.05, 3.63) is 52.1 Å². The van der Waals surface area contributed by atoms with Crippen LogP contribution in [0.25, 0.3) is 11.3 Å². The van der Waals surface area contributed by atoms with Crippen LogP contribution in [0.1, 0.15) is 18.7 Å². The molecule has 3 heterocycles. The molecule has 0 radical (unpaired) electrons. The number of fused-ring (bicyclic) bond motifs is 4. The predicted molar refractivity (Wildman–Crippen MR) is 113 cm³/mol. The summed E-state index contributed by atoms with van der Waals surface area (Å²) in [7, 11) is 0. The Bertz CT molecular complexity index is 1270. The summed E-state index contributed by atoms with van der Waals surface area (Å²) < 4.78 is 16.9. The molecule has 162 valence electrons. The third-order valence-electron chi connectivity index (χ3n) is 5.02. The number of nitrogens with zero attached hydrogens (tertiary/aromatic N) is 5. The number of aromatic nitrogens is 3. The highest BCUT2D eigenvalue weighted by Crippen LogP contribution is 2.47. The molecule has 12 heteroatoms. The minimum absolute atomic E-state index is 0.0578. The van der Waals surface area contributed by atoms with Crippen molar-refractivity contribution >= 4 is 29.0 Å². The monoisotopic (exact) mass is 453 g/mol. The number of ether oxygens (including phenoxy) is 3. The Labute approximate surface area is 185 Å². The second-order valence-corrected chi connectivity index (χ2v) is 7.62. The molecule has 0 spiro atoms. The molecule has 0 fully saturated rings. The summed E-state index contributed by atoms with van der Waals surface area (Å²) in [5.41, 5.74) is 1.19. The number of benzene rings is 2. The fraction of sp³-hybridized carbons (Fsp3) is 0.200. The van der Waals surface area contributed by atoms with Gasteiger partial charge in [0.05, 0.1) is 22.2 Å². The van der Waals surface area contributed by atoms with Crippen molar-refractivity contribution in [2.45, 2.75) is 18.3 Å². The Morgan fingerprint density at radius 3 is 2.69 bits per heavy atom. The Balaban J connectivity index is 1.79. The molecule has 11 nitrogen and oxygen atoms in total. The molecular formula is C20H15N5O6S. The standard InChI is InChI=1S/C20H15N5O6S/c1-10(26)24-13-6-4-3-5-11(13)17-18(21-20(32-2)23-22-17)31-19(24)12-7-15-16(30-9-29-15)8-14(12)25(27)28/h3-8,19H,9H2,1-2H3/t19-/m1/s1. The SMILES string of the molecule is CSc1nnc2c(n1)O[C@H](c1cc3c(cc1[N+](=O)[O-])OCO3)N(C(C)=O)c1ccccc1-2. The molecule has 5 rings (SSSR count). The predicted octanol–water partition coefficient (Wildman–Crippen LogP) is 3.34. The summed E-state index contributed by atoms with van der Waals surface area (Å²) in [4.78, 5) is 30.0. The van der Waals surface area contributed by atoms with Crippen LogP contribution in [0.2, 0.25) is 0 Å². The molecule has 2 aliphatic heterocycles. The van der Waals surface area contributed by atoms with E-state index in [9.17, 15) is 14.9 Å². The fourth-order valence-electron chi connectivity index (χ4n) is 3.64. The highest BCUT2D eigenvalue weighted by Gasteiger charge is 2.39. The molecule has 1 amide bonds. The van der Waals surface area contributed by atoms with Gasteiger partial charge in [0, 0.05) is 12.5 Å². The average molecular weight is 453 g/mol. The number of carbonyl (C=O) groups excluding carboxylic acids is 1. The van der Waals surface area contributed by atoms with Gasteiger partial charge in [-0.25, -0.2) is 0 Å². The zero-order chi connectivity index (χ0) is 22.4. The number of rotatable bonds is 3.